The van der Waals surface area contributed by atoms with Gasteiger partial charge in [-0.05, 0) is 24.3 Å². The van der Waals surface area contributed by atoms with E-state index in [0.717, 1.165) is 16.4 Å². The van der Waals surface area contributed by atoms with E-state index in [4.69, 9.17) is 27.8 Å². The number of carboxylic acids is 1. The van der Waals surface area contributed by atoms with E-state index in [2.05, 4.69) is 24.8 Å². The highest BCUT2D eigenvalue weighted by molar-refractivity contribution is 8.01. The second-order valence-electron chi connectivity index (χ2n) is 7.84. The van der Waals surface area contributed by atoms with Gasteiger partial charge in [0.25, 0.3) is 11.8 Å². The Morgan fingerprint density at radius 1 is 1.32 bits per heavy atom. The fourth-order valence-corrected chi connectivity index (χ4v) is 6.48. The average Bonchev–Trinajstić information content (AvgIpc) is 3.32. The molecule has 2 amide bonds. The fraction of sp³-hybridized carbons (Fsp3) is 0.368. The number of nitrogens with one attached hydrogen (secondary N) is 1. The number of fused-ring (bicyclic) bond motifs is 1. The Hall–Kier alpha value is -3.84. The van der Waals surface area contributed by atoms with Crippen LogP contribution in [-0.2, 0) is 26.3 Å². The van der Waals surface area contributed by atoms with Gasteiger partial charge in [0.1, 0.15) is 18.0 Å². The Morgan fingerprint density at radius 3 is 2.68 bits per heavy atom. The number of β-lactam (4-membered cyclic amide) rings is 1. The number of carbonyl (C=O) groups excluding carboxylic acids is 3. The van der Waals surface area contributed by atoms with Crippen molar-refractivity contribution in [2.24, 2.45) is 12.2 Å². The second-order valence-corrected chi connectivity index (χ2v) is 10.7. The molecule has 0 bridgehead atoms. The van der Waals surface area contributed by atoms with Gasteiger partial charge in [0.2, 0.25) is 23.2 Å². The summed E-state index contributed by atoms with van der Waals surface area (Å²) in [4.78, 5) is 52.2. The lowest BCUT2D eigenvalue weighted by Crippen LogP contribution is -2.71. The van der Waals surface area contributed by atoms with Crippen LogP contribution in [0.4, 0.5) is 22.5 Å². The summed E-state index contributed by atoms with van der Waals surface area (Å²) in [6.45, 7) is 1.85. The molecule has 38 heavy (non-hydrogen) atoms. The molecule has 0 aliphatic carbocycles. The van der Waals surface area contributed by atoms with Crippen LogP contribution in [0.25, 0.3) is 0 Å². The number of nitrogen functional groups attached to an aromatic ring is 4. The summed E-state index contributed by atoms with van der Waals surface area (Å²) in [5.41, 5.74) is 23.2. The fourth-order valence-electron chi connectivity index (χ4n) is 3.57. The number of amides is 2. The quantitative estimate of drug-likeness (QED) is 0.0494. The van der Waals surface area contributed by atoms with Gasteiger partial charge < -0.3 is 43.0 Å². The first kappa shape index (κ1) is 27.2. The van der Waals surface area contributed by atoms with Crippen LogP contribution in [0.2, 0.25) is 0 Å². The van der Waals surface area contributed by atoms with Gasteiger partial charge in [-0.3, -0.25) is 14.5 Å². The summed E-state index contributed by atoms with van der Waals surface area (Å²) in [5, 5.41) is 18.2. The minimum absolute atomic E-state index is 0.0505. The van der Waals surface area contributed by atoms with Gasteiger partial charge in [0.05, 0.1) is 18.7 Å². The first-order valence-corrected chi connectivity index (χ1v) is 13.7. The molecule has 2 aromatic rings. The SMILES string of the molecule is CCO/N=C(\C(=O)NC1C(=O)N2C(C(=O)[O-])=C(CSc3nc(N)c(N)c(N)[n+]3C)CS[C@H]12)c1nsc(N)n1. The summed E-state index contributed by atoms with van der Waals surface area (Å²) in [6.07, 6.45) is 0. The van der Waals surface area contributed by atoms with Crippen LogP contribution in [0, 0.1) is 0 Å². The summed E-state index contributed by atoms with van der Waals surface area (Å²) in [6, 6.07) is -1.02. The second kappa shape index (κ2) is 10.9. The van der Waals surface area contributed by atoms with Crippen molar-refractivity contribution in [3.63, 3.8) is 0 Å². The Labute approximate surface area is 228 Å². The number of hydrogen-bond donors (Lipinski definition) is 5. The van der Waals surface area contributed by atoms with Crippen LogP contribution in [0.5, 0.6) is 0 Å². The number of anilines is 4. The lowest BCUT2D eigenvalue weighted by atomic mass is 10.0. The summed E-state index contributed by atoms with van der Waals surface area (Å²) in [7, 11) is 1.64. The number of oxime groups is 1. The molecule has 0 aromatic carbocycles. The standard InChI is InChI=1S/C19H23N11O5S3/c1-3-35-27-8(13-26-18(23)38-28-13)14(31)24-9-15(32)30-10(17(33)34)6(4-36-16(9)30)5-37-19-25-11(21)7(20)12(22)29(19)2/h9,16H,3-5H2,1-2H3,(H9,20,21,22,23,24,26,27,28,31,33,34)/t9?,16-/m1/s1. The molecule has 1 fully saturated rings. The summed E-state index contributed by atoms with van der Waals surface area (Å²) < 4.78 is 5.49. The molecule has 4 rings (SSSR count). The lowest BCUT2D eigenvalue weighted by molar-refractivity contribution is -0.698. The van der Waals surface area contributed by atoms with Crippen molar-refractivity contribution in [3.8, 4) is 0 Å². The van der Waals surface area contributed by atoms with Gasteiger partial charge in [-0.25, -0.2) is 4.57 Å². The largest absolute Gasteiger partial charge is 0.543 e. The third-order valence-electron chi connectivity index (χ3n) is 5.47. The topological polar surface area (TPSA) is 258 Å². The number of thioether (sulfide) groups is 2. The first-order chi connectivity index (χ1) is 18.0. The van der Waals surface area contributed by atoms with Crippen LogP contribution >= 0.6 is 35.1 Å². The number of aromatic nitrogens is 4. The van der Waals surface area contributed by atoms with E-state index < -0.39 is 29.2 Å². The Kier molecular flexibility index (Phi) is 7.78. The number of nitrogens with two attached hydrogens (primary N) is 4. The maximum atomic E-state index is 13.0. The molecule has 0 saturated carbocycles. The van der Waals surface area contributed by atoms with Crippen LogP contribution in [0.15, 0.2) is 21.6 Å². The third kappa shape index (κ3) is 4.98. The zero-order valence-corrected chi connectivity index (χ0v) is 22.5. The zero-order valence-electron chi connectivity index (χ0n) is 20.0. The first-order valence-electron chi connectivity index (χ1n) is 10.9. The van der Waals surface area contributed by atoms with Crippen LogP contribution in [0.3, 0.4) is 0 Å². The molecule has 1 saturated heterocycles. The highest BCUT2D eigenvalue weighted by Crippen LogP contribution is 2.41. The van der Waals surface area contributed by atoms with E-state index in [1.165, 1.54) is 28.1 Å². The zero-order chi connectivity index (χ0) is 27.7. The average molecular weight is 582 g/mol. The molecule has 0 spiro atoms. The monoisotopic (exact) mass is 581 g/mol. The molecule has 4 heterocycles. The summed E-state index contributed by atoms with van der Waals surface area (Å²) in [5.74, 6) is -2.28. The van der Waals surface area contributed by atoms with Crippen molar-refractivity contribution < 1.29 is 28.9 Å². The normalized spacial score (nSPS) is 19.2. The van der Waals surface area contributed by atoms with Gasteiger partial charge in [-0.2, -0.15) is 9.36 Å². The van der Waals surface area contributed by atoms with E-state index in [-0.39, 0.29) is 57.8 Å². The van der Waals surface area contributed by atoms with Gasteiger partial charge in [-0.1, -0.05) is 10.1 Å². The van der Waals surface area contributed by atoms with E-state index in [1.54, 1.807) is 14.0 Å². The van der Waals surface area contributed by atoms with Gasteiger partial charge >= 0.3 is 5.16 Å². The number of aliphatic carboxylic acids is 1. The molecule has 2 aliphatic rings. The van der Waals surface area contributed by atoms with Crippen molar-refractivity contribution in [3.05, 3.63) is 17.1 Å². The van der Waals surface area contributed by atoms with Crippen molar-refractivity contribution in [2.75, 3.05) is 41.0 Å². The van der Waals surface area contributed by atoms with Crippen LogP contribution < -0.4 is 37.9 Å². The molecule has 2 aromatic heterocycles. The van der Waals surface area contributed by atoms with E-state index in [9.17, 15) is 19.5 Å². The van der Waals surface area contributed by atoms with E-state index >= 15 is 0 Å². The van der Waals surface area contributed by atoms with Crippen LogP contribution in [0.1, 0.15) is 12.7 Å². The summed E-state index contributed by atoms with van der Waals surface area (Å²) >= 11 is 3.33. The van der Waals surface area contributed by atoms with Crippen molar-refractivity contribution in [1.82, 2.24) is 24.6 Å². The van der Waals surface area contributed by atoms with Crippen molar-refractivity contribution in [2.45, 2.75) is 23.5 Å². The highest BCUT2D eigenvalue weighted by Gasteiger charge is 2.53. The molecular formula is C19H23N11O5S3. The minimum atomic E-state index is -1.52. The Balaban J connectivity index is 1.51. The molecule has 16 nitrogen and oxygen atoms in total. The maximum absolute atomic E-state index is 13.0. The van der Waals surface area contributed by atoms with Crippen molar-refractivity contribution in [1.29, 1.82) is 0 Å². The highest BCUT2D eigenvalue weighted by atomic mass is 32.2. The molecule has 2 atom stereocenters. The number of nitrogens with zero attached hydrogens (tertiary/aromatic N) is 6. The molecule has 0 radical (unpaired) electrons. The van der Waals surface area contributed by atoms with Gasteiger partial charge in [0, 0.05) is 23.0 Å². The molecule has 9 N–H and O–H groups in total. The molecule has 19 heteroatoms. The maximum Gasteiger partial charge on any atom is 0.301 e. The van der Waals surface area contributed by atoms with E-state index in [0.29, 0.717) is 10.7 Å². The molecule has 202 valence electrons. The number of carboxylic acid groups (broad SMARTS) is 1. The van der Waals surface area contributed by atoms with Gasteiger partial charge in [-0.15, -0.1) is 11.8 Å². The predicted molar refractivity (Wildman–Crippen MR) is 139 cm³/mol. The molecule has 2 aliphatic heterocycles. The Morgan fingerprint density at radius 2 is 2.05 bits per heavy atom. The Bertz CT molecular complexity index is 1380. The molecule has 1 unspecified atom stereocenters. The number of rotatable bonds is 9. The third-order valence-corrected chi connectivity index (χ3v) is 8.47. The number of carbonyl (C=O) groups is 3. The smallest absolute Gasteiger partial charge is 0.301 e. The van der Waals surface area contributed by atoms with E-state index in [1.807, 2.05) is 0 Å². The minimum Gasteiger partial charge on any atom is -0.543 e. The van der Waals surface area contributed by atoms with Gasteiger partial charge in [0.15, 0.2) is 10.8 Å². The van der Waals surface area contributed by atoms with Crippen molar-refractivity contribution >= 4 is 81.0 Å². The molecular weight excluding hydrogens is 558 g/mol. The number of hydrogen-bond acceptors (Lipinski definition) is 16. The van der Waals surface area contributed by atoms with Crippen LogP contribution in [-0.4, -0.2) is 72.3 Å². The predicted octanol–water partition coefficient (Wildman–Crippen LogP) is -2.98. The lowest BCUT2D eigenvalue weighted by Gasteiger charge is -2.50.